The van der Waals surface area contributed by atoms with Gasteiger partial charge in [-0.3, -0.25) is 9.59 Å². The fourth-order valence-electron chi connectivity index (χ4n) is 3.08. The summed E-state index contributed by atoms with van der Waals surface area (Å²) in [5, 5.41) is 3.26. The quantitative estimate of drug-likeness (QED) is 0.871. The van der Waals surface area contributed by atoms with Gasteiger partial charge in [-0.2, -0.15) is 0 Å². The molecule has 0 saturated carbocycles. The van der Waals surface area contributed by atoms with Crippen LogP contribution in [-0.4, -0.2) is 30.4 Å². The maximum Gasteiger partial charge on any atom is 0.229 e. The number of benzene rings is 2. The number of rotatable bonds is 5. The number of likely N-dealkylation sites (tertiary alicyclic amines) is 1. The van der Waals surface area contributed by atoms with E-state index in [1.807, 2.05) is 31.2 Å². The minimum absolute atomic E-state index is 0.00108. The van der Waals surface area contributed by atoms with Crippen molar-refractivity contribution in [3.63, 3.8) is 0 Å². The van der Waals surface area contributed by atoms with Crippen LogP contribution in [0.3, 0.4) is 0 Å². The minimum Gasteiger partial charge on any atom is -0.495 e. The summed E-state index contributed by atoms with van der Waals surface area (Å²) >= 11 is 6.09. The summed E-state index contributed by atoms with van der Waals surface area (Å²) in [5.41, 5.74) is 2.83. The number of carbonyl (C=O) groups excluding carboxylic acids is 2. The number of anilines is 1. The van der Waals surface area contributed by atoms with E-state index in [0.29, 0.717) is 29.5 Å². The summed E-state index contributed by atoms with van der Waals surface area (Å²) in [6.07, 6.45) is 0.224. The van der Waals surface area contributed by atoms with Gasteiger partial charge in [-0.1, -0.05) is 35.9 Å². The molecule has 2 amide bonds. The molecule has 3 rings (SSSR count). The van der Waals surface area contributed by atoms with Crippen LogP contribution in [0.15, 0.2) is 42.5 Å². The van der Waals surface area contributed by atoms with Gasteiger partial charge in [0.25, 0.3) is 0 Å². The van der Waals surface area contributed by atoms with Crippen molar-refractivity contribution in [1.29, 1.82) is 0 Å². The fourth-order valence-corrected chi connectivity index (χ4v) is 3.34. The first-order valence-corrected chi connectivity index (χ1v) is 8.82. The van der Waals surface area contributed by atoms with E-state index in [1.165, 1.54) is 7.11 Å². The lowest BCUT2D eigenvalue weighted by Crippen LogP contribution is -2.28. The van der Waals surface area contributed by atoms with E-state index < -0.39 is 0 Å². The molecule has 136 valence electrons. The maximum atomic E-state index is 12.5. The average Bonchev–Trinajstić information content (AvgIpc) is 2.98. The molecular formula is C20H21ClN2O3. The van der Waals surface area contributed by atoms with Crippen molar-refractivity contribution in [2.45, 2.75) is 19.9 Å². The number of nitrogens with one attached hydrogen (secondary N) is 1. The normalized spacial score (nSPS) is 16.7. The first kappa shape index (κ1) is 18.3. The molecule has 1 heterocycles. The maximum absolute atomic E-state index is 12.5. The Morgan fingerprint density at radius 1 is 1.31 bits per heavy atom. The van der Waals surface area contributed by atoms with Gasteiger partial charge in [-0.15, -0.1) is 0 Å². The summed E-state index contributed by atoms with van der Waals surface area (Å²) < 4.78 is 5.10. The van der Waals surface area contributed by atoms with E-state index in [1.54, 1.807) is 23.1 Å². The Labute approximate surface area is 157 Å². The molecular weight excluding hydrogens is 352 g/mol. The molecule has 2 aromatic rings. The van der Waals surface area contributed by atoms with Crippen molar-refractivity contribution in [2.75, 3.05) is 19.0 Å². The van der Waals surface area contributed by atoms with Crippen molar-refractivity contribution in [3.05, 3.63) is 58.6 Å². The van der Waals surface area contributed by atoms with E-state index in [4.69, 9.17) is 16.3 Å². The highest BCUT2D eigenvalue weighted by Gasteiger charge is 2.34. The molecule has 1 N–H and O–H groups in total. The summed E-state index contributed by atoms with van der Waals surface area (Å²) in [4.78, 5) is 26.6. The van der Waals surface area contributed by atoms with Gasteiger partial charge < -0.3 is 15.0 Å². The van der Waals surface area contributed by atoms with E-state index in [0.717, 1.165) is 11.1 Å². The topological polar surface area (TPSA) is 58.6 Å². The summed E-state index contributed by atoms with van der Waals surface area (Å²) in [6, 6.07) is 13.0. The molecule has 0 aliphatic carbocycles. The third-order valence-corrected chi connectivity index (χ3v) is 4.92. The lowest BCUT2D eigenvalue weighted by molar-refractivity contribution is -0.128. The number of carbonyl (C=O) groups is 2. The van der Waals surface area contributed by atoms with Crippen LogP contribution in [0.25, 0.3) is 0 Å². The molecule has 26 heavy (non-hydrogen) atoms. The molecule has 1 aliphatic rings. The van der Waals surface area contributed by atoms with Gasteiger partial charge in [0.05, 0.1) is 18.1 Å². The monoisotopic (exact) mass is 372 g/mol. The zero-order valence-electron chi connectivity index (χ0n) is 14.8. The predicted octanol–water partition coefficient (Wildman–Crippen LogP) is 3.64. The highest BCUT2D eigenvalue weighted by Crippen LogP contribution is 2.28. The van der Waals surface area contributed by atoms with Crippen LogP contribution in [0.1, 0.15) is 17.5 Å². The molecule has 2 aromatic carbocycles. The number of halogens is 1. The Kier molecular flexibility index (Phi) is 5.47. The second kappa shape index (κ2) is 7.79. The van der Waals surface area contributed by atoms with Crippen LogP contribution >= 0.6 is 11.6 Å². The van der Waals surface area contributed by atoms with Gasteiger partial charge in [0.1, 0.15) is 5.75 Å². The van der Waals surface area contributed by atoms with Gasteiger partial charge in [-0.05, 0) is 36.2 Å². The van der Waals surface area contributed by atoms with Gasteiger partial charge in [-0.25, -0.2) is 0 Å². The summed E-state index contributed by atoms with van der Waals surface area (Å²) in [6.45, 7) is 2.97. The Hall–Kier alpha value is -2.53. The molecule has 1 saturated heterocycles. The van der Waals surface area contributed by atoms with E-state index in [2.05, 4.69) is 5.32 Å². The zero-order chi connectivity index (χ0) is 18.7. The predicted molar refractivity (Wildman–Crippen MR) is 101 cm³/mol. The first-order chi connectivity index (χ1) is 12.5. The number of nitrogens with zero attached hydrogens (tertiary/aromatic N) is 1. The van der Waals surface area contributed by atoms with E-state index in [9.17, 15) is 9.59 Å². The highest BCUT2D eigenvalue weighted by molar-refractivity contribution is 6.32. The Morgan fingerprint density at radius 3 is 2.77 bits per heavy atom. The molecule has 0 aromatic heterocycles. The number of aryl methyl sites for hydroxylation is 1. The van der Waals surface area contributed by atoms with Gasteiger partial charge >= 0.3 is 0 Å². The molecule has 1 atom stereocenters. The molecule has 1 aliphatic heterocycles. The number of methoxy groups -OCH3 is 1. The van der Waals surface area contributed by atoms with Crippen molar-refractivity contribution in [3.8, 4) is 5.75 Å². The van der Waals surface area contributed by atoms with Crippen molar-refractivity contribution in [1.82, 2.24) is 4.90 Å². The molecule has 5 nitrogen and oxygen atoms in total. The molecule has 0 bridgehead atoms. The number of hydrogen-bond acceptors (Lipinski definition) is 3. The number of ether oxygens (including phenoxy) is 1. The van der Waals surface area contributed by atoms with Crippen molar-refractivity contribution >= 4 is 29.1 Å². The van der Waals surface area contributed by atoms with Crippen molar-refractivity contribution in [2.24, 2.45) is 5.92 Å². The van der Waals surface area contributed by atoms with Crippen LogP contribution in [0.4, 0.5) is 5.69 Å². The lowest BCUT2D eigenvalue weighted by Gasteiger charge is -2.18. The SMILES string of the molecule is COc1ccc(NC(=O)C2CC(=O)N(Cc3ccccc3C)C2)cc1Cl. The summed E-state index contributed by atoms with van der Waals surface area (Å²) in [7, 11) is 1.53. The zero-order valence-corrected chi connectivity index (χ0v) is 15.5. The summed E-state index contributed by atoms with van der Waals surface area (Å²) in [5.74, 6) is 0.00513. The average molecular weight is 373 g/mol. The molecule has 0 radical (unpaired) electrons. The van der Waals surface area contributed by atoms with Crippen LogP contribution < -0.4 is 10.1 Å². The van der Waals surface area contributed by atoms with E-state index >= 15 is 0 Å². The second-order valence-corrected chi connectivity index (χ2v) is 6.85. The smallest absolute Gasteiger partial charge is 0.229 e. The third kappa shape index (κ3) is 3.99. The second-order valence-electron chi connectivity index (χ2n) is 6.44. The first-order valence-electron chi connectivity index (χ1n) is 8.44. The van der Waals surface area contributed by atoms with Crippen LogP contribution in [-0.2, 0) is 16.1 Å². The fraction of sp³-hybridized carbons (Fsp3) is 0.300. The molecule has 0 spiro atoms. The Morgan fingerprint density at radius 2 is 2.08 bits per heavy atom. The molecule has 1 unspecified atom stereocenters. The van der Waals surface area contributed by atoms with Crippen molar-refractivity contribution < 1.29 is 14.3 Å². The third-order valence-electron chi connectivity index (χ3n) is 4.63. The molecule has 1 fully saturated rings. The Balaban J connectivity index is 1.63. The van der Waals surface area contributed by atoms with Crippen LogP contribution in [0, 0.1) is 12.8 Å². The van der Waals surface area contributed by atoms with Gasteiger partial charge in [0, 0.05) is 25.2 Å². The lowest BCUT2D eigenvalue weighted by atomic mass is 10.1. The van der Waals surface area contributed by atoms with Gasteiger partial charge in [0.2, 0.25) is 11.8 Å². The number of hydrogen-bond donors (Lipinski definition) is 1. The standard InChI is InChI=1S/C20H21ClN2O3/c1-13-5-3-4-6-14(13)11-23-12-15(9-19(23)24)20(25)22-16-7-8-18(26-2)17(21)10-16/h3-8,10,15H,9,11-12H2,1-2H3,(H,22,25). The molecule has 6 heteroatoms. The highest BCUT2D eigenvalue weighted by atomic mass is 35.5. The largest absolute Gasteiger partial charge is 0.495 e. The van der Waals surface area contributed by atoms with E-state index in [-0.39, 0.29) is 24.2 Å². The number of amides is 2. The Bertz CT molecular complexity index is 838. The van der Waals surface area contributed by atoms with Crippen LogP contribution in [0.2, 0.25) is 5.02 Å². The minimum atomic E-state index is -0.368. The van der Waals surface area contributed by atoms with Gasteiger partial charge in [0.15, 0.2) is 0 Å². The van der Waals surface area contributed by atoms with Crippen LogP contribution in [0.5, 0.6) is 5.75 Å².